The van der Waals surface area contributed by atoms with Crippen molar-refractivity contribution < 1.29 is 14.3 Å². The highest BCUT2D eigenvalue weighted by Gasteiger charge is 2.41. The minimum Gasteiger partial charge on any atom is -0.495 e. The summed E-state index contributed by atoms with van der Waals surface area (Å²) in [5.41, 5.74) is 8.82. The van der Waals surface area contributed by atoms with Crippen LogP contribution in [0.5, 0.6) is 5.75 Å². The van der Waals surface area contributed by atoms with Gasteiger partial charge in [-0.05, 0) is 42.2 Å². The number of amidine groups is 1. The molecule has 1 fully saturated rings. The summed E-state index contributed by atoms with van der Waals surface area (Å²) in [6.07, 6.45) is 1.59. The number of carbonyl (C=O) groups is 2. The van der Waals surface area contributed by atoms with E-state index in [4.69, 9.17) is 16.3 Å². The van der Waals surface area contributed by atoms with Crippen molar-refractivity contribution in [2.24, 2.45) is 5.10 Å². The molecule has 4 rings (SSSR count). The first-order valence-electron chi connectivity index (χ1n) is 10.3. The number of thioether (sulfide) groups is 1. The lowest BCUT2D eigenvalue weighted by atomic mass is 10.00. The number of aryl methyl sites for hydroxylation is 1. The highest BCUT2D eigenvalue weighted by Crippen LogP contribution is 2.32. The summed E-state index contributed by atoms with van der Waals surface area (Å²) in [6, 6.07) is 13.0. The number of hydrogen-bond donors (Lipinski definition) is 3. The zero-order valence-corrected chi connectivity index (χ0v) is 19.3. The number of methoxy groups -OCH3 is 1. The van der Waals surface area contributed by atoms with Gasteiger partial charge in [-0.2, -0.15) is 0 Å². The first-order valence-corrected chi connectivity index (χ1v) is 11.6. The largest absolute Gasteiger partial charge is 0.495 e. The summed E-state index contributed by atoms with van der Waals surface area (Å²) in [5, 5.41) is 9.75. The summed E-state index contributed by atoms with van der Waals surface area (Å²) in [4.78, 5) is 24.9. The van der Waals surface area contributed by atoms with Crippen LogP contribution in [-0.2, 0) is 16.0 Å². The molecular formula is C22H24ClN5O3S. The Labute approximate surface area is 195 Å². The molecular weight excluding hydrogens is 450 g/mol. The van der Waals surface area contributed by atoms with Crippen LogP contribution in [0, 0.1) is 0 Å². The number of hydrazine groups is 1. The van der Waals surface area contributed by atoms with Crippen molar-refractivity contribution in [1.29, 1.82) is 0 Å². The molecule has 2 aliphatic rings. The van der Waals surface area contributed by atoms with Crippen molar-refractivity contribution in [2.45, 2.75) is 31.8 Å². The second-order valence-electron chi connectivity index (χ2n) is 7.45. The molecule has 168 valence electrons. The summed E-state index contributed by atoms with van der Waals surface area (Å²) < 4.78 is 5.26. The van der Waals surface area contributed by atoms with Crippen LogP contribution in [-0.4, -0.2) is 40.9 Å². The van der Waals surface area contributed by atoms with E-state index in [0.717, 1.165) is 12.0 Å². The molecule has 2 unspecified atom stereocenters. The van der Waals surface area contributed by atoms with Gasteiger partial charge < -0.3 is 10.1 Å². The predicted octanol–water partition coefficient (Wildman–Crippen LogP) is 3.30. The van der Waals surface area contributed by atoms with E-state index in [0.29, 0.717) is 28.0 Å². The van der Waals surface area contributed by atoms with Crippen LogP contribution in [0.1, 0.15) is 30.5 Å². The Kier molecular flexibility index (Phi) is 6.88. The van der Waals surface area contributed by atoms with Gasteiger partial charge in [-0.3, -0.25) is 14.6 Å². The molecule has 10 heteroatoms. The maximum atomic E-state index is 12.5. The van der Waals surface area contributed by atoms with Crippen molar-refractivity contribution in [3.8, 4) is 5.75 Å². The molecule has 0 bridgehead atoms. The van der Waals surface area contributed by atoms with Gasteiger partial charge in [0.25, 0.3) is 5.91 Å². The van der Waals surface area contributed by atoms with E-state index in [9.17, 15) is 9.59 Å². The Hall–Kier alpha value is -2.75. The summed E-state index contributed by atoms with van der Waals surface area (Å²) >= 11 is 7.26. The Morgan fingerprint density at radius 3 is 2.81 bits per heavy atom. The van der Waals surface area contributed by atoms with Gasteiger partial charge in [0, 0.05) is 5.02 Å². The number of ether oxygens (including phenoxy) is 1. The molecule has 0 aromatic heterocycles. The van der Waals surface area contributed by atoms with Crippen LogP contribution in [0.15, 0.2) is 47.6 Å². The quantitative estimate of drug-likeness (QED) is 0.596. The van der Waals surface area contributed by atoms with Crippen LogP contribution in [0.25, 0.3) is 0 Å². The first-order chi connectivity index (χ1) is 15.5. The summed E-state index contributed by atoms with van der Waals surface area (Å²) in [7, 11) is 1.53. The fourth-order valence-electron chi connectivity index (χ4n) is 3.68. The van der Waals surface area contributed by atoms with Gasteiger partial charge in [0.2, 0.25) is 5.91 Å². The third kappa shape index (κ3) is 4.85. The van der Waals surface area contributed by atoms with Crippen molar-refractivity contribution in [1.82, 2.24) is 15.9 Å². The normalized spacial score (nSPS) is 19.8. The standard InChI is InChI=1S/C22H24ClN5O3S/c1-3-13-4-6-14(7-5-13)16-11-18-21(30)25-26-22(28(18)27-16)32-12-20(29)24-17-10-15(23)8-9-19(17)31-2/h4-10,16,18,27H,3,11-12H2,1-2H3,(H,24,29)(H,25,30). The molecule has 3 N–H and O–H groups in total. The zero-order valence-electron chi connectivity index (χ0n) is 17.7. The molecule has 32 heavy (non-hydrogen) atoms. The number of nitrogens with zero attached hydrogens (tertiary/aromatic N) is 2. The van der Waals surface area contributed by atoms with Crippen LogP contribution < -0.4 is 20.9 Å². The molecule has 2 aromatic carbocycles. The van der Waals surface area contributed by atoms with E-state index < -0.39 is 0 Å². The molecule has 2 amide bonds. The maximum absolute atomic E-state index is 12.5. The molecule has 0 spiro atoms. The average Bonchev–Trinajstić information content (AvgIpc) is 3.25. The van der Waals surface area contributed by atoms with E-state index >= 15 is 0 Å². The molecule has 0 aliphatic carbocycles. The highest BCUT2D eigenvalue weighted by molar-refractivity contribution is 8.14. The summed E-state index contributed by atoms with van der Waals surface area (Å²) in [5.74, 6) is 0.221. The average molecular weight is 474 g/mol. The Morgan fingerprint density at radius 2 is 2.09 bits per heavy atom. The first kappa shape index (κ1) is 22.4. The number of nitrogens with one attached hydrogen (secondary N) is 3. The van der Waals surface area contributed by atoms with Gasteiger partial charge in [-0.15, -0.1) is 5.10 Å². The smallest absolute Gasteiger partial charge is 0.264 e. The number of carbonyl (C=O) groups excluding carboxylic acids is 2. The van der Waals surface area contributed by atoms with Gasteiger partial charge in [-0.1, -0.05) is 54.6 Å². The molecule has 2 heterocycles. The Morgan fingerprint density at radius 1 is 1.31 bits per heavy atom. The highest BCUT2D eigenvalue weighted by atomic mass is 35.5. The lowest BCUT2D eigenvalue weighted by Gasteiger charge is -2.29. The number of hydrazone groups is 1. The molecule has 0 radical (unpaired) electrons. The monoisotopic (exact) mass is 473 g/mol. The molecule has 8 nitrogen and oxygen atoms in total. The van der Waals surface area contributed by atoms with E-state index in [2.05, 4.69) is 52.5 Å². The van der Waals surface area contributed by atoms with Gasteiger partial charge in [0.05, 0.1) is 24.6 Å². The fraction of sp³-hybridized carbons (Fsp3) is 0.318. The zero-order chi connectivity index (χ0) is 22.7. The van der Waals surface area contributed by atoms with Gasteiger partial charge in [0.15, 0.2) is 5.17 Å². The minimum atomic E-state index is -0.387. The fourth-order valence-corrected chi connectivity index (χ4v) is 4.61. The third-order valence-corrected chi connectivity index (χ3v) is 6.58. The molecule has 2 aromatic rings. The predicted molar refractivity (Wildman–Crippen MR) is 127 cm³/mol. The lowest BCUT2D eigenvalue weighted by Crippen LogP contribution is -2.52. The van der Waals surface area contributed by atoms with E-state index in [1.165, 1.54) is 24.4 Å². The van der Waals surface area contributed by atoms with E-state index in [1.807, 2.05) is 0 Å². The molecule has 2 aliphatic heterocycles. The topological polar surface area (TPSA) is 95.1 Å². The maximum Gasteiger partial charge on any atom is 0.264 e. The number of halogens is 1. The van der Waals surface area contributed by atoms with Crippen LogP contribution in [0.4, 0.5) is 5.69 Å². The number of amides is 2. The van der Waals surface area contributed by atoms with Crippen molar-refractivity contribution in [3.05, 3.63) is 58.6 Å². The number of rotatable bonds is 6. The second kappa shape index (κ2) is 9.81. The minimum absolute atomic E-state index is 0.00916. The number of benzene rings is 2. The van der Waals surface area contributed by atoms with Crippen molar-refractivity contribution >= 4 is 46.0 Å². The molecule has 1 saturated heterocycles. The third-order valence-electron chi connectivity index (χ3n) is 5.39. The van der Waals surface area contributed by atoms with Gasteiger partial charge in [0.1, 0.15) is 11.8 Å². The van der Waals surface area contributed by atoms with Crippen LogP contribution >= 0.6 is 23.4 Å². The lowest BCUT2D eigenvalue weighted by molar-refractivity contribution is -0.125. The van der Waals surface area contributed by atoms with E-state index in [-0.39, 0.29) is 29.7 Å². The Bertz CT molecular complexity index is 1050. The van der Waals surface area contributed by atoms with Gasteiger partial charge in [-0.25, -0.2) is 10.9 Å². The second-order valence-corrected chi connectivity index (χ2v) is 8.83. The van der Waals surface area contributed by atoms with Gasteiger partial charge >= 0.3 is 0 Å². The van der Waals surface area contributed by atoms with Crippen molar-refractivity contribution in [2.75, 3.05) is 18.2 Å². The van der Waals surface area contributed by atoms with Crippen molar-refractivity contribution in [3.63, 3.8) is 0 Å². The van der Waals surface area contributed by atoms with E-state index in [1.54, 1.807) is 23.2 Å². The number of anilines is 1. The summed E-state index contributed by atoms with van der Waals surface area (Å²) in [6.45, 7) is 2.12. The molecule has 0 saturated carbocycles. The SMILES string of the molecule is CCc1ccc(C2CC3C(=O)NN=C(SCC(=O)Nc4cc(Cl)ccc4OC)N3N2)cc1. The molecule has 2 atom stereocenters. The van der Waals surface area contributed by atoms with Crippen LogP contribution in [0.2, 0.25) is 5.02 Å². The van der Waals surface area contributed by atoms with Crippen LogP contribution in [0.3, 0.4) is 0 Å². The number of fused-ring (bicyclic) bond motifs is 1. The number of hydrogen-bond acceptors (Lipinski definition) is 7. The Balaban J connectivity index is 1.40.